The molecule has 3 aromatic rings. The Balaban J connectivity index is 1.29. The molecule has 2 saturated heterocycles. The molecule has 0 unspecified atom stereocenters. The van der Waals surface area contributed by atoms with Crippen molar-refractivity contribution >= 4 is 28.7 Å². The summed E-state index contributed by atoms with van der Waals surface area (Å²) in [7, 11) is 0. The zero-order valence-electron chi connectivity index (χ0n) is 18.5. The first-order valence-electron chi connectivity index (χ1n) is 11.3. The largest absolute Gasteiger partial charge is 0.378 e. The highest BCUT2D eigenvalue weighted by atomic mass is 16.5. The molecule has 1 amide bonds. The number of fused-ring (bicyclic) bond motifs is 1. The van der Waals surface area contributed by atoms with Crippen molar-refractivity contribution in [1.29, 1.82) is 0 Å². The normalized spacial score (nSPS) is 16.9. The number of rotatable bonds is 5. The summed E-state index contributed by atoms with van der Waals surface area (Å²) in [5.74, 6) is 1.17. The second-order valence-electron chi connectivity index (χ2n) is 8.15. The van der Waals surface area contributed by atoms with Gasteiger partial charge in [-0.25, -0.2) is 15.0 Å². The number of carbonyl (C=O) groups excluding carboxylic acids is 1. The number of amides is 1. The maximum atomic E-state index is 13.3. The van der Waals surface area contributed by atoms with Gasteiger partial charge in [0, 0.05) is 64.6 Å². The number of morpholine rings is 1. The molecule has 0 aliphatic carbocycles. The number of ether oxygens (including phenoxy) is 1. The third kappa shape index (κ3) is 4.51. The Morgan fingerprint density at radius 1 is 0.909 bits per heavy atom. The Morgan fingerprint density at radius 2 is 1.64 bits per heavy atom. The molecule has 2 aliphatic heterocycles. The van der Waals surface area contributed by atoms with Gasteiger partial charge < -0.3 is 24.0 Å². The Labute approximate surface area is 191 Å². The number of piperazine rings is 1. The van der Waals surface area contributed by atoms with Crippen molar-refractivity contribution in [3.05, 3.63) is 53.1 Å². The topological polar surface area (TPSA) is 96.7 Å². The van der Waals surface area contributed by atoms with E-state index in [4.69, 9.17) is 4.74 Å². The molecule has 0 bridgehead atoms. The minimum Gasteiger partial charge on any atom is -0.378 e. The Bertz CT molecular complexity index is 1170. The Hall–Kier alpha value is -3.53. The van der Waals surface area contributed by atoms with E-state index in [1.54, 1.807) is 23.0 Å². The van der Waals surface area contributed by atoms with E-state index in [1.807, 2.05) is 34.1 Å². The van der Waals surface area contributed by atoms with Gasteiger partial charge in [-0.3, -0.25) is 9.59 Å². The van der Waals surface area contributed by atoms with Gasteiger partial charge in [-0.15, -0.1) is 0 Å². The van der Waals surface area contributed by atoms with Gasteiger partial charge in [0.25, 0.3) is 5.56 Å². The van der Waals surface area contributed by atoms with E-state index < -0.39 is 0 Å². The Kier molecular flexibility index (Phi) is 6.16. The molecule has 2 aliphatic rings. The lowest BCUT2D eigenvalue weighted by Crippen LogP contribution is -2.49. The van der Waals surface area contributed by atoms with Crippen molar-refractivity contribution in [3.63, 3.8) is 0 Å². The number of para-hydroxylation sites is 2. The monoisotopic (exact) mass is 449 g/mol. The maximum Gasteiger partial charge on any atom is 0.294 e. The molecular formula is C23H27N7O3. The lowest BCUT2D eigenvalue weighted by molar-refractivity contribution is -0.131. The highest BCUT2D eigenvalue weighted by molar-refractivity contribution is 5.78. The molecule has 0 atom stereocenters. The van der Waals surface area contributed by atoms with Crippen molar-refractivity contribution in [2.24, 2.45) is 0 Å². The number of hydrogen-bond acceptors (Lipinski definition) is 8. The summed E-state index contributed by atoms with van der Waals surface area (Å²) in [4.78, 5) is 45.4. The van der Waals surface area contributed by atoms with Gasteiger partial charge in [0.15, 0.2) is 5.82 Å². The van der Waals surface area contributed by atoms with Crippen LogP contribution in [0.5, 0.6) is 0 Å². The van der Waals surface area contributed by atoms with Crippen LogP contribution < -0.4 is 15.4 Å². The van der Waals surface area contributed by atoms with Gasteiger partial charge in [-0.05, 0) is 18.2 Å². The summed E-state index contributed by atoms with van der Waals surface area (Å²) < 4.78 is 7.11. The highest BCUT2D eigenvalue weighted by Crippen LogP contribution is 2.17. The van der Waals surface area contributed by atoms with Crippen molar-refractivity contribution in [2.45, 2.75) is 13.0 Å². The third-order valence-corrected chi connectivity index (χ3v) is 6.16. The first-order valence-corrected chi connectivity index (χ1v) is 11.3. The molecule has 0 radical (unpaired) electrons. The predicted octanol–water partition coefficient (Wildman–Crippen LogP) is 0.762. The maximum absolute atomic E-state index is 13.3. The minimum absolute atomic E-state index is 0.0457. The molecule has 33 heavy (non-hydrogen) atoms. The number of hydrogen-bond donors (Lipinski definition) is 0. The van der Waals surface area contributed by atoms with Crippen LogP contribution in [-0.4, -0.2) is 82.8 Å². The molecule has 5 rings (SSSR count). The van der Waals surface area contributed by atoms with Crippen molar-refractivity contribution in [2.75, 3.05) is 62.3 Å². The molecule has 2 fully saturated rings. The van der Waals surface area contributed by atoms with Crippen LogP contribution in [0.4, 0.5) is 11.8 Å². The predicted molar refractivity (Wildman–Crippen MR) is 124 cm³/mol. The van der Waals surface area contributed by atoms with Crippen molar-refractivity contribution in [1.82, 2.24) is 24.4 Å². The smallest absolute Gasteiger partial charge is 0.294 e. The van der Waals surface area contributed by atoms with Crippen LogP contribution in [0.15, 0.2) is 47.5 Å². The fourth-order valence-electron chi connectivity index (χ4n) is 4.36. The average molecular weight is 450 g/mol. The molecule has 1 aromatic carbocycles. The molecule has 4 heterocycles. The van der Waals surface area contributed by atoms with E-state index in [0.29, 0.717) is 70.8 Å². The van der Waals surface area contributed by atoms with Crippen LogP contribution >= 0.6 is 0 Å². The molecule has 0 N–H and O–H groups in total. The van der Waals surface area contributed by atoms with Gasteiger partial charge in [-0.1, -0.05) is 12.1 Å². The SMILES string of the molecule is O=C(CCn1c(=O)c(N2CCOCC2)nc2ccccc21)N1CCN(c2ncccn2)CC1. The molecule has 172 valence electrons. The molecule has 10 nitrogen and oxygen atoms in total. The Morgan fingerprint density at radius 3 is 2.39 bits per heavy atom. The van der Waals surface area contributed by atoms with Gasteiger partial charge >= 0.3 is 0 Å². The molecule has 10 heteroatoms. The summed E-state index contributed by atoms with van der Waals surface area (Å²) in [5, 5.41) is 0. The molecule has 0 spiro atoms. The third-order valence-electron chi connectivity index (χ3n) is 6.16. The molecular weight excluding hydrogens is 422 g/mol. The number of aryl methyl sites for hydroxylation is 1. The van der Waals surface area contributed by atoms with Gasteiger partial charge in [0.2, 0.25) is 11.9 Å². The van der Waals surface area contributed by atoms with E-state index in [0.717, 1.165) is 11.0 Å². The zero-order chi connectivity index (χ0) is 22.6. The summed E-state index contributed by atoms with van der Waals surface area (Å²) in [5.41, 5.74) is 1.34. The summed E-state index contributed by atoms with van der Waals surface area (Å²) >= 11 is 0. The van der Waals surface area contributed by atoms with Crippen LogP contribution in [0.3, 0.4) is 0 Å². The minimum atomic E-state index is -0.158. The van der Waals surface area contributed by atoms with Gasteiger partial charge in [0.1, 0.15) is 0 Å². The quantitative estimate of drug-likeness (QED) is 0.563. The van der Waals surface area contributed by atoms with E-state index >= 15 is 0 Å². The van der Waals surface area contributed by atoms with Crippen molar-refractivity contribution < 1.29 is 9.53 Å². The molecule has 0 saturated carbocycles. The van der Waals surface area contributed by atoms with E-state index in [1.165, 1.54) is 0 Å². The van der Waals surface area contributed by atoms with Crippen LogP contribution in [0.2, 0.25) is 0 Å². The first-order chi connectivity index (χ1) is 16.2. The standard InChI is InChI=1S/C23H27N7O3/c31-20(27-10-12-29(13-11-27)23-24-7-3-8-25-23)6-9-30-19-5-2-1-4-18(19)26-21(22(30)32)28-14-16-33-17-15-28/h1-5,7-8H,6,9-17H2. The second-order valence-corrected chi connectivity index (χ2v) is 8.15. The fourth-order valence-corrected chi connectivity index (χ4v) is 4.36. The number of anilines is 2. The van der Waals surface area contributed by atoms with E-state index in [9.17, 15) is 9.59 Å². The van der Waals surface area contributed by atoms with E-state index in [2.05, 4.69) is 19.9 Å². The molecule has 2 aromatic heterocycles. The average Bonchev–Trinajstić information content (AvgIpc) is 2.89. The summed E-state index contributed by atoms with van der Waals surface area (Å²) in [6.07, 6.45) is 3.71. The first kappa shape index (κ1) is 21.3. The van der Waals surface area contributed by atoms with Crippen LogP contribution in [0.1, 0.15) is 6.42 Å². The van der Waals surface area contributed by atoms with Crippen LogP contribution in [0.25, 0.3) is 11.0 Å². The fraction of sp³-hybridized carbons (Fsp3) is 0.435. The highest BCUT2D eigenvalue weighted by Gasteiger charge is 2.24. The number of benzene rings is 1. The second kappa shape index (κ2) is 9.53. The van der Waals surface area contributed by atoms with Crippen LogP contribution in [-0.2, 0) is 16.1 Å². The van der Waals surface area contributed by atoms with Crippen LogP contribution in [0, 0.1) is 0 Å². The summed E-state index contributed by atoms with van der Waals surface area (Å²) in [6.45, 7) is 5.34. The van der Waals surface area contributed by atoms with Gasteiger partial charge in [-0.2, -0.15) is 0 Å². The number of carbonyl (C=O) groups is 1. The lowest BCUT2D eigenvalue weighted by atomic mass is 10.2. The summed E-state index contributed by atoms with van der Waals surface area (Å²) in [6, 6.07) is 9.38. The van der Waals surface area contributed by atoms with E-state index in [-0.39, 0.29) is 17.9 Å². The van der Waals surface area contributed by atoms with Gasteiger partial charge in [0.05, 0.1) is 24.2 Å². The van der Waals surface area contributed by atoms with Crippen molar-refractivity contribution in [3.8, 4) is 0 Å². The number of aromatic nitrogens is 4. The lowest BCUT2D eigenvalue weighted by Gasteiger charge is -2.34. The number of nitrogens with zero attached hydrogens (tertiary/aromatic N) is 7. The zero-order valence-corrected chi connectivity index (χ0v) is 18.5.